The van der Waals surface area contributed by atoms with Crippen molar-refractivity contribution in [1.82, 2.24) is 20.2 Å². The highest BCUT2D eigenvalue weighted by atomic mass is 16.3. The first kappa shape index (κ1) is 21.0. The van der Waals surface area contributed by atoms with Crippen LogP contribution in [0.5, 0.6) is 0 Å². The van der Waals surface area contributed by atoms with Crippen LogP contribution in [-0.2, 0) is 13.1 Å². The number of aliphatic imine (C=N–C) groups is 1. The normalized spacial score (nSPS) is 12.8. The molecule has 0 saturated carbocycles. The Bertz CT molecular complexity index is 663. The van der Waals surface area contributed by atoms with Gasteiger partial charge in [-0.1, -0.05) is 37.6 Å². The molecule has 0 bridgehead atoms. The number of rotatable bonds is 11. The first-order valence-electron chi connectivity index (χ1n) is 9.91. The van der Waals surface area contributed by atoms with Gasteiger partial charge in [0.1, 0.15) is 0 Å². The molecule has 27 heavy (non-hydrogen) atoms. The van der Waals surface area contributed by atoms with Crippen molar-refractivity contribution in [3.05, 3.63) is 54.1 Å². The Morgan fingerprint density at radius 2 is 2.07 bits per heavy atom. The average Bonchev–Trinajstić information content (AvgIpc) is 3.17. The Labute approximate surface area is 162 Å². The number of aliphatic hydroxyl groups excluding tert-OH is 1. The molecule has 1 aromatic heterocycles. The van der Waals surface area contributed by atoms with Crippen LogP contribution in [0.4, 0.5) is 0 Å². The van der Waals surface area contributed by atoms with Crippen LogP contribution in [0.2, 0.25) is 0 Å². The summed E-state index contributed by atoms with van der Waals surface area (Å²) in [6, 6.07) is 8.51. The van der Waals surface area contributed by atoms with Gasteiger partial charge in [0, 0.05) is 38.6 Å². The molecule has 0 radical (unpaired) electrons. The van der Waals surface area contributed by atoms with Crippen LogP contribution in [0.3, 0.4) is 0 Å². The van der Waals surface area contributed by atoms with Crippen molar-refractivity contribution in [3.8, 4) is 0 Å². The first-order valence-corrected chi connectivity index (χ1v) is 9.91. The lowest BCUT2D eigenvalue weighted by Crippen LogP contribution is -2.40. The lowest BCUT2D eigenvalue weighted by atomic mass is 10.0. The van der Waals surface area contributed by atoms with E-state index in [-0.39, 0.29) is 6.61 Å². The summed E-state index contributed by atoms with van der Waals surface area (Å²) >= 11 is 0. The van der Waals surface area contributed by atoms with Crippen molar-refractivity contribution < 1.29 is 5.11 Å². The molecule has 1 heterocycles. The minimum absolute atomic E-state index is 0.240. The monoisotopic (exact) mass is 371 g/mol. The first-order chi connectivity index (χ1) is 13.2. The third kappa shape index (κ3) is 7.83. The van der Waals surface area contributed by atoms with Crippen molar-refractivity contribution in [2.75, 3.05) is 19.7 Å². The number of imidazole rings is 1. The number of aromatic nitrogens is 2. The van der Waals surface area contributed by atoms with Crippen molar-refractivity contribution in [1.29, 1.82) is 0 Å². The highest BCUT2D eigenvalue weighted by molar-refractivity contribution is 5.79. The molecular weight excluding hydrogens is 338 g/mol. The molecule has 0 spiro atoms. The van der Waals surface area contributed by atoms with E-state index in [2.05, 4.69) is 58.3 Å². The van der Waals surface area contributed by atoms with E-state index in [9.17, 15) is 5.11 Å². The molecule has 2 rings (SSSR count). The molecule has 6 nitrogen and oxygen atoms in total. The molecule has 2 aromatic rings. The fourth-order valence-corrected chi connectivity index (χ4v) is 3.11. The van der Waals surface area contributed by atoms with Crippen molar-refractivity contribution in [3.63, 3.8) is 0 Å². The maximum absolute atomic E-state index is 9.22. The van der Waals surface area contributed by atoms with Crippen LogP contribution >= 0.6 is 0 Å². The molecule has 1 aromatic carbocycles. The number of hydrogen-bond donors (Lipinski definition) is 3. The van der Waals surface area contributed by atoms with E-state index in [1.165, 1.54) is 11.1 Å². The largest absolute Gasteiger partial charge is 0.396 e. The summed E-state index contributed by atoms with van der Waals surface area (Å²) in [7, 11) is 0. The van der Waals surface area contributed by atoms with E-state index in [1.54, 1.807) is 6.20 Å². The lowest BCUT2D eigenvalue weighted by Gasteiger charge is -2.18. The number of guanidine groups is 1. The summed E-state index contributed by atoms with van der Waals surface area (Å²) in [6.07, 6.45) is 8.67. The molecule has 6 heteroatoms. The summed E-state index contributed by atoms with van der Waals surface area (Å²) < 4.78 is 2.06. The molecular formula is C21H33N5O. The van der Waals surface area contributed by atoms with Gasteiger partial charge in [0.2, 0.25) is 0 Å². The molecule has 1 atom stereocenters. The fourth-order valence-electron chi connectivity index (χ4n) is 3.11. The minimum Gasteiger partial charge on any atom is -0.396 e. The van der Waals surface area contributed by atoms with Crippen LogP contribution in [0.15, 0.2) is 48.0 Å². The standard InChI is InChI=1S/C21H33N5O/c1-3-6-18(9-12-27)14-24-21(23-4-2)25-15-19-7-5-8-20(13-19)16-26-11-10-22-17-26/h5,7-8,10-11,13,17-18,27H,3-4,6,9,12,14-16H2,1-2H3,(H2,23,24,25). The van der Waals surface area contributed by atoms with Gasteiger partial charge in [-0.25, -0.2) is 9.98 Å². The van der Waals surface area contributed by atoms with Crippen LogP contribution in [-0.4, -0.2) is 40.3 Å². The van der Waals surface area contributed by atoms with Crippen LogP contribution in [0, 0.1) is 5.92 Å². The van der Waals surface area contributed by atoms with E-state index in [4.69, 9.17) is 4.99 Å². The van der Waals surface area contributed by atoms with Gasteiger partial charge in [-0.3, -0.25) is 0 Å². The Hall–Kier alpha value is -2.34. The van der Waals surface area contributed by atoms with E-state index in [0.29, 0.717) is 12.5 Å². The van der Waals surface area contributed by atoms with E-state index < -0.39 is 0 Å². The Morgan fingerprint density at radius 3 is 2.78 bits per heavy atom. The molecule has 1 unspecified atom stereocenters. The molecule has 0 aliphatic rings. The Kier molecular flexibility index (Phi) is 9.41. The third-order valence-electron chi connectivity index (χ3n) is 4.47. The molecule has 0 fully saturated rings. The number of aliphatic hydroxyl groups is 1. The zero-order valence-electron chi connectivity index (χ0n) is 16.6. The Balaban J connectivity index is 1.94. The Morgan fingerprint density at radius 1 is 1.22 bits per heavy atom. The maximum atomic E-state index is 9.22. The second kappa shape index (κ2) is 12.1. The van der Waals surface area contributed by atoms with Gasteiger partial charge in [-0.15, -0.1) is 0 Å². The molecule has 0 aliphatic heterocycles. The average molecular weight is 372 g/mol. The minimum atomic E-state index is 0.240. The molecule has 3 N–H and O–H groups in total. The van der Waals surface area contributed by atoms with Crippen LogP contribution < -0.4 is 10.6 Å². The van der Waals surface area contributed by atoms with Gasteiger partial charge < -0.3 is 20.3 Å². The van der Waals surface area contributed by atoms with Crippen LogP contribution in [0.25, 0.3) is 0 Å². The number of nitrogens with zero attached hydrogens (tertiary/aromatic N) is 3. The smallest absolute Gasteiger partial charge is 0.191 e. The summed E-state index contributed by atoms with van der Waals surface area (Å²) in [5.74, 6) is 1.30. The summed E-state index contributed by atoms with van der Waals surface area (Å²) in [5, 5.41) is 16.0. The second-order valence-corrected chi connectivity index (χ2v) is 6.80. The maximum Gasteiger partial charge on any atom is 0.191 e. The zero-order chi connectivity index (χ0) is 19.3. The fraction of sp³-hybridized carbons (Fsp3) is 0.524. The molecule has 148 valence electrons. The lowest BCUT2D eigenvalue weighted by molar-refractivity contribution is 0.251. The SMILES string of the molecule is CCCC(CCO)CNC(=NCc1cccc(Cn2ccnc2)c1)NCC. The number of nitrogens with one attached hydrogen (secondary N) is 2. The van der Waals surface area contributed by atoms with Gasteiger partial charge in [0.15, 0.2) is 5.96 Å². The van der Waals surface area contributed by atoms with E-state index >= 15 is 0 Å². The molecule has 0 amide bonds. The number of hydrogen-bond acceptors (Lipinski definition) is 3. The van der Waals surface area contributed by atoms with Gasteiger partial charge in [-0.2, -0.15) is 0 Å². The predicted octanol–water partition coefficient (Wildman–Crippen LogP) is 2.79. The van der Waals surface area contributed by atoms with Gasteiger partial charge in [-0.05, 0) is 36.8 Å². The zero-order valence-corrected chi connectivity index (χ0v) is 16.6. The quantitative estimate of drug-likeness (QED) is 0.419. The summed E-state index contributed by atoms with van der Waals surface area (Å²) in [6.45, 7) is 7.59. The second-order valence-electron chi connectivity index (χ2n) is 6.80. The predicted molar refractivity (Wildman–Crippen MR) is 111 cm³/mol. The van der Waals surface area contributed by atoms with Gasteiger partial charge in [0.25, 0.3) is 0 Å². The topological polar surface area (TPSA) is 74.5 Å². The summed E-state index contributed by atoms with van der Waals surface area (Å²) in [4.78, 5) is 8.82. The third-order valence-corrected chi connectivity index (χ3v) is 4.47. The van der Waals surface area contributed by atoms with Crippen molar-refractivity contribution in [2.24, 2.45) is 10.9 Å². The summed E-state index contributed by atoms with van der Waals surface area (Å²) in [5.41, 5.74) is 2.43. The van der Waals surface area contributed by atoms with E-state index in [0.717, 1.165) is 44.9 Å². The van der Waals surface area contributed by atoms with E-state index in [1.807, 2.05) is 12.5 Å². The molecule has 0 saturated heterocycles. The highest BCUT2D eigenvalue weighted by Crippen LogP contribution is 2.10. The molecule has 0 aliphatic carbocycles. The van der Waals surface area contributed by atoms with Crippen LogP contribution in [0.1, 0.15) is 44.2 Å². The van der Waals surface area contributed by atoms with Crippen molar-refractivity contribution in [2.45, 2.75) is 46.2 Å². The highest BCUT2D eigenvalue weighted by Gasteiger charge is 2.08. The van der Waals surface area contributed by atoms with Gasteiger partial charge >= 0.3 is 0 Å². The van der Waals surface area contributed by atoms with Gasteiger partial charge in [0.05, 0.1) is 12.9 Å². The number of benzene rings is 1. The van der Waals surface area contributed by atoms with Crippen molar-refractivity contribution >= 4 is 5.96 Å².